The van der Waals surface area contributed by atoms with Crippen molar-refractivity contribution in [2.45, 2.75) is 0 Å². The van der Waals surface area contributed by atoms with E-state index in [-0.39, 0.29) is 0 Å². The van der Waals surface area contributed by atoms with Crippen molar-refractivity contribution < 1.29 is 0 Å². The van der Waals surface area contributed by atoms with Crippen molar-refractivity contribution in [1.29, 1.82) is 0 Å². The average Bonchev–Trinajstić information content (AvgIpc) is 3.30. The molecule has 0 radical (unpaired) electrons. The van der Waals surface area contributed by atoms with Crippen LogP contribution in [0.15, 0.2) is 212 Å². The molecule has 11 aromatic rings. The van der Waals surface area contributed by atoms with Crippen LogP contribution in [0.25, 0.3) is 111 Å². The second-order valence-corrected chi connectivity index (χ2v) is 14.9. The molecule has 0 fully saturated rings. The van der Waals surface area contributed by atoms with Crippen LogP contribution in [0.5, 0.6) is 0 Å². The smallest absolute Gasteiger partial charge is 0.164 e. The molecule has 11 rings (SSSR count). The molecule has 0 bridgehead atoms. The third-order valence-electron chi connectivity index (χ3n) is 11.3. The van der Waals surface area contributed by atoms with Gasteiger partial charge in [-0.25, -0.2) is 15.0 Å². The lowest BCUT2D eigenvalue weighted by Gasteiger charge is -2.12. The predicted molar refractivity (Wildman–Crippen MR) is 242 cm³/mol. The summed E-state index contributed by atoms with van der Waals surface area (Å²) in [7, 11) is 0. The van der Waals surface area contributed by atoms with Crippen molar-refractivity contribution in [2.75, 3.05) is 0 Å². The highest BCUT2D eigenvalue weighted by atomic mass is 15.0. The SMILES string of the molecule is c1ccc(-c2cccc3ccc(-c4nc(-c5cccc(-c6ccc7cc(-c8cccc9ccccc89)ccc7c6)c5)nc(-c5ccc6ccccc6c5)n4)cc23)cc1. The molecular formula is C55H35N3. The van der Waals surface area contributed by atoms with Crippen molar-refractivity contribution in [2.24, 2.45) is 0 Å². The second kappa shape index (κ2) is 14.1. The summed E-state index contributed by atoms with van der Waals surface area (Å²) in [4.78, 5) is 15.5. The molecule has 270 valence electrons. The summed E-state index contributed by atoms with van der Waals surface area (Å²) in [6, 6.07) is 75.5. The molecule has 10 aromatic carbocycles. The molecule has 0 spiro atoms. The highest BCUT2D eigenvalue weighted by molar-refractivity contribution is 6.00. The summed E-state index contributed by atoms with van der Waals surface area (Å²) in [5.41, 5.74) is 9.88. The largest absolute Gasteiger partial charge is 0.208 e. The standard InChI is InChI=1S/C55H35N3/c1-2-12-37(13-3-1)50-21-10-17-39-24-30-48(35-52(39)50)55-57-53(56-54(58-55)47-29-23-36-11-4-5-15-40(36)33-47)46-19-8-18-41(34-46)42-25-26-44-32-45(28-27-43(44)31-42)51-22-9-16-38-14-6-7-20-49(38)51/h1-35H. The maximum Gasteiger partial charge on any atom is 0.164 e. The summed E-state index contributed by atoms with van der Waals surface area (Å²) in [5.74, 6) is 1.91. The summed E-state index contributed by atoms with van der Waals surface area (Å²) in [6.07, 6.45) is 0. The van der Waals surface area contributed by atoms with Crippen molar-refractivity contribution >= 4 is 43.1 Å². The fourth-order valence-corrected chi connectivity index (χ4v) is 8.28. The molecule has 3 nitrogen and oxygen atoms in total. The number of hydrogen-bond acceptors (Lipinski definition) is 3. The van der Waals surface area contributed by atoms with Crippen molar-refractivity contribution in [1.82, 2.24) is 15.0 Å². The number of aromatic nitrogens is 3. The molecule has 58 heavy (non-hydrogen) atoms. The third-order valence-corrected chi connectivity index (χ3v) is 11.3. The summed E-state index contributed by atoms with van der Waals surface area (Å²) in [5, 5.41) is 9.56. The molecule has 3 heteroatoms. The van der Waals surface area contributed by atoms with Gasteiger partial charge in [0.05, 0.1) is 0 Å². The molecule has 0 aliphatic carbocycles. The van der Waals surface area contributed by atoms with Gasteiger partial charge in [0, 0.05) is 16.7 Å². The summed E-state index contributed by atoms with van der Waals surface area (Å²) < 4.78 is 0. The minimum Gasteiger partial charge on any atom is -0.208 e. The Morgan fingerprint density at radius 3 is 1.38 bits per heavy atom. The Morgan fingerprint density at radius 2 is 0.621 bits per heavy atom. The topological polar surface area (TPSA) is 38.7 Å². The fraction of sp³-hybridized carbons (Fsp3) is 0. The van der Waals surface area contributed by atoms with E-state index >= 15 is 0 Å². The summed E-state index contributed by atoms with van der Waals surface area (Å²) >= 11 is 0. The van der Waals surface area contributed by atoms with Crippen LogP contribution in [0.2, 0.25) is 0 Å². The fourth-order valence-electron chi connectivity index (χ4n) is 8.28. The minimum absolute atomic E-state index is 0.631. The van der Waals surface area contributed by atoms with Crippen LogP contribution >= 0.6 is 0 Å². The maximum absolute atomic E-state index is 5.19. The molecule has 0 aliphatic rings. The van der Waals surface area contributed by atoms with Crippen LogP contribution < -0.4 is 0 Å². The van der Waals surface area contributed by atoms with E-state index in [2.05, 4.69) is 212 Å². The Labute approximate surface area is 336 Å². The van der Waals surface area contributed by atoms with Crippen LogP contribution in [-0.2, 0) is 0 Å². The van der Waals surface area contributed by atoms with E-state index in [4.69, 9.17) is 15.0 Å². The zero-order chi connectivity index (χ0) is 38.4. The zero-order valence-electron chi connectivity index (χ0n) is 31.5. The van der Waals surface area contributed by atoms with E-state index in [1.54, 1.807) is 0 Å². The van der Waals surface area contributed by atoms with Gasteiger partial charge in [-0.2, -0.15) is 0 Å². The van der Waals surface area contributed by atoms with Crippen LogP contribution in [-0.4, -0.2) is 15.0 Å². The molecule has 0 saturated heterocycles. The van der Waals surface area contributed by atoms with Gasteiger partial charge in [0.2, 0.25) is 0 Å². The zero-order valence-corrected chi connectivity index (χ0v) is 31.5. The number of rotatable bonds is 6. The third kappa shape index (κ3) is 6.16. The van der Waals surface area contributed by atoms with Crippen molar-refractivity contribution in [3.63, 3.8) is 0 Å². The van der Waals surface area contributed by atoms with E-state index in [1.165, 1.54) is 54.6 Å². The van der Waals surface area contributed by atoms with Gasteiger partial charge in [-0.3, -0.25) is 0 Å². The van der Waals surface area contributed by atoms with Gasteiger partial charge in [0.25, 0.3) is 0 Å². The lowest BCUT2D eigenvalue weighted by Crippen LogP contribution is -2.00. The monoisotopic (exact) mass is 737 g/mol. The molecular weight excluding hydrogens is 703 g/mol. The van der Waals surface area contributed by atoms with Gasteiger partial charge < -0.3 is 0 Å². The Hall–Kier alpha value is -7.75. The number of fused-ring (bicyclic) bond motifs is 4. The first-order valence-electron chi connectivity index (χ1n) is 19.7. The van der Waals surface area contributed by atoms with Crippen molar-refractivity contribution in [3.05, 3.63) is 212 Å². The van der Waals surface area contributed by atoms with Gasteiger partial charge in [0.15, 0.2) is 17.5 Å². The molecule has 0 saturated carbocycles. The molecule has 0 atom stereocenters. The molecule has 0 amide bonds. The lowest BCUT2D eigenvalue weighted by atomic mass is 9.94. The van der Waals surface area contributed by atoms with E-state index in [1.807, 2.05) is 0 Å². The van der Waals surface area contributed by atoms with Crippen LogP contribution in [0.1, 0.15) is 0 Å². The molecule has 0 aliphatic heterocycles. The number of nitrogens with zero attached hydrogens (tertiary/aromatic N) is 3. The number of benzene rings is 10. The maximum atomic E-state index is 5.19. The van der Waals surface area contributed by atoms with Crippen LogP contribution in [0.3, 0.4) is 0 Å². The normalized spacial score (nSPS) is 11.4. The van der Waals surface area contributed by atoms with Crippen molar-refractivity contribution in [3.8, 4) is 67.5 Å². The van der Waals surface area contributed by atoms with E-state index < -0.39 is 0 Å². The Morgan fingerprint density at radius 1 is 0.207 bits per heavy atom. The van der Waals surface area contributed by atoms with Gasteiger partial charge in [-0.15, -0.1) is 0 Å². The minimum atomic E-state index is 0.631. The first-order chi connectivity index (χ1) is 28.7. The quantitative estimate of drug-likeness (QED) is 0.171. The average molecular weight is 738 g/mol. The molecule has 1 aromatic heterocycles. The van der Waals surface area contributed by atoms with Crippen LogP contribution in [0.4, 0.5) is 0 Å². The second-order valence-electron chi connectivity index (χ2n) is 14.9. The van der Waals surface area contributed by atoms with E-state index in [9.17, 15) is 0 Å². The predicted octanol–water partition coefficient (Wildman–Crippen LogP) is 14.5. The number of hydrogen-bond donors (Lipinski definition) is 0. The lowest BCUT2D eigenvalue weighted by molar-refractivity contribution is 1.08. The first kappa shape index (κ1) is 33.6. The Bertz CT molecular complexity index is 3340. The highest BCUT2D eigenvalue weighted by Gasteiger charge is 2.15. The van der Waals surface area contributed by atoms with E-state index in [0.29, 0.717) is 17.5 Å². The summed E-state index contributed by atoms with van der Waals surface area (Å²) in [6.45, 7) is 0. The van der Waals surface area contributed by atoms with Gasteiger partial charge in [-0.1, -0.05) is 182 Å². The highest BCUT2D eigenvalue weighted by Crippen LogP contribution is 2.36. The Kier molecular flexibility index (Phi) is 8.15. The molecule has 1 heterocycles. The van der Waals surface area contributed by atoms with E-state index in [0.717, 1.165) is 38.6 Å². The van der Waals surface area contributed by atoms with Gasteiger partial charge in [-0.05, 0) is 107 Å². The molecule has 0 unspecified atom stereocenters. The molecule has 0 N–H and O–H groups in total. The first-order valence-corrected chi connectivity index (χ1v) is 19.7. The van der Waals surface area contributed by atoms with Crippen LogP contribution in [0, 0.1) is 0 Å². The van der Waals surface area contributed by atoms with Gasteiger partial charge >= 0.3 is 0 Å². The van der Waals surface area contributed by atoms with Gasteiger partial charge in [0.1, 0.15) is 0 Å². The Balaban J connectivity index is 1.01.